The van der Waals surface area contributed by atoms with Gasteiger partial charge in [0.25, 0.3) is 11.8 Å². The van der Waals surface area contributed by atoms with Crippen LogP contribution in [0.1, 0.15) is 22.8 Å². The molecule has 0 saturated carbocycles. The fourth-order valence-corrected chi connectivity index (χ4v) is 3.78. The Kier molecular flexibility index (Phi) is 6.69. The highest BCUT2D eigenvalue weighted by molar-refractivity contribution is 6.11. The molecule has 0 unspecified atom stereocenters. The molecular formula is C28H26N2O3. The van der Waals surface area contributed by atoms with Gasteiger partial charge < -0.3 is 15.0 Å². The standard InChI is InChI=1S/C28H26N2O3/c1-3-30(25-13-8-11-21-10-5-6-12-24(21)25)28(32)22-15-17-23(18-16-22)29-27(31)19-33-26-14-7-4-9-20(26)2/h4-18H,3,19H2,1-2H3,(H,29,31). The monoisotopic (exact) mass is 438 g/mol. The van der Waals surface area contributed by atoms with Crippen LogP contribution in [0.25, 0.3) is 10.8 Å². The van der Waals surface area contributed by atoms with E-state index in [1.165, 1.54) is 0 Å². The van der Waals surface area contributed by atoms with Crippen LogP contribution in [0.2, 0.25) is 0 Å². The molecule has 5 heteroatoms. The zero-order valence-corrected chi connectivity index (χ0v) is 18.7. The Morgan fingerprint density at radius 3 is 2.30 bits per heavy atom. The first kappa shape index (κ1) is 22.1. The van der Waals surface area contributed by atoms with Gasteiger partial charge >= 0.3 is 0 Å². The summed E-state index contributed by atoms with van der Waals surface area (Å²) in [6, 6.07) is 28.5. The Morgan fingerprint density at radius 1 is 0.848 bits per heavy atom. The van der Waals surface area contributed by atoms with Crippen LogP contribution < -0.4 is 15.0 Å². The number of hydrogen-bond acceptors (Lipinski definition) is 3. The van der Waals surface area contributed by atoms with Crippen LogP contribution in [-0.4, -0.2) is 25.0 Å². The van der Waals surface area contributed by atoms with Crippen molar-refractivity contribution in [1.82, 2.24) is 0 Å². The fourth-order valence-electron chi connectivity index (χ4n) is 3.78. The van der Waals surface area contributed by atoms with E-state index in [-0.39, 0.29) is 18.4 Å². The van der Waals surface area contributed by atoms with Gasteiger partial charge in [-0.1, -0.05) is 54.6 Å². The van der Waals surface area contributed by atoms with Crippen LogP contribution in [0.5, 0.6) is 5.75 Å². The van der Waals surface area contributed by atoms with Crippen molar-refractivity contribution in [2.45, 2.75) is 13.8 Å². The molecule has 0 radical (unpaired) electrons. The number of carbonyl (C=O) groups is 2. The molecule has 0 aliphatic heterocycles. The summed E-state index contributed by atoms with van der Waals surface area (Å²) in [5.41, 5.74) is 3.02. The Balaban J connectivity index is 1.44. The SMILES string of the molecule is CCN(C(=O)c1ccc(NC(=O)COc2ccccc2C)cc1)c1cccc2ccccc12. The summed E-state index contributed by atoms with van der Waals surface area (Å²) in [5.74, 6) is 0.333. The molecule has 0 heterocycles. The van der Waals surface area contributed by atoms with Gasteiger partial charge in [-0.05, 0) is 61.2 Å². The smallest absolute Gasteiger partial charge is 0.262 e. The Hall–Kier alpha value is -4.12. The van der Waals surface area contributed by atoms with E-state index in [9.17, 15) is 9.59 Å². The molecule has 0 saturated heterocycles. The lowest BCUT2D eigenvalue weighted by atomic mass is 10.1. The molecule has 166 valence electrons. The number of para-hydroxylation sites is 1. The number of amides is 2. The van der Waals surface area contributed by atoms with Gasteiger partial charge in [-0.25, -0.2) is 0 Å². The van der Waals surface area contributed by atoms with Crippen LogP contribution in [0.4, 0.5) is 11.4 Å². The van der Waals surface area contributed by atoms with Gasteiger partial charge in [-0.2, -0.15) is 0 Å². The van der Waals surface area contributed by atoms with E-state index in [1.807, 2.05) is 80.6 Å². The number of carbonyl (C=O) groups excluding carboxylic acids is 2. The number of nitrogens with zero attached hydrogens (tertiary/aromatic N) is 1. The van der Waals surface area contributed by atoms with Crippen molar-refractivity contribution in [2.75, 3.05) is 23.4 Å². The van der Waals surface area contributed by atoms with Crippen LogP contribution in [0.3, 0.4) is 0 Å². The molecule has 1 N–H and O–H groups in total. The lowest BCUT2D eigenvalue weighted by molar-refractivity contribution is -0.118. The number of hydrogen-bond donors (Lipinski definition) is 1. The fraction of sp³-hybridized carbons (Fsp3) is 0.143. The van der Waals surface area contributed by atoms with E-state index in [0.717, 1.165) is 22.0 Å². The summed E-state index contributed by atoms with van der Waals surface area (Å²) >= 11 is 0. The van der Waals surface area contributed by atoms with Crippen LogP contribution in [0, 0.1) is 6.92 Å². The number of anilines is 2. The first-order chi connectivity index (χ1) is 16.1. The molecule has 0 spiro atoms. The average Bonchev–Trinajstić information content (AvgIpc) is 2.84. The van der Waals surface area contributed by atoms with Crippen LogP contribution >= 0.6 is 0 Å². The highest BCUT2D eigenvalue weighted by atomic mass is 16.5. The van der Waals surface area contributed by atoms with Crippen molar-refractivity contribution in [2.24, 2.45) is 0 Å². The minimum atomic E-state index is -0.261. The largest absolute Gasteiger partial charge is 0.483 e. The van der Waals surface area contributed by atoms with Crippen molar-refractivity contribution in [1.29, 1.82) is 0 Å². The molecule has 0 fully saturated rings. The first-order valence-corrected chi connectivity index (χ1v) is 10.9. The summed E-state index contributed by atoms with van der Waals surface area (Å²) in [6.45, 7) is 4.35. The number of benzene rings is 4. The zero-order chi connectivity index (χ0) is 23.2. The third-order valence-corrected chi connectivity index (χ3v) is 5.49. The third-order valence-electron chi connectivity index (χ3n) is 5.49. The van der Waals surface area contributed by atoms with Crippen molar-refractivity contribution >= 4 is 34.0 Å². The summed E-state index contributed by atoms with van der Waals surface area (Å²) < 4.78 is 5.59. The molecule has 0 aliphatic carbocycles. The Labute approximate surface area is 193 Å². The third kappa shape index (κ3) is 5.04. The second-order valence-corrected chi connectivity index (χ2v) is 7.73. The second kappa shape index (κ2) is 10.0. The predicted octanol–water partition coefficient (Wildman–Crippen LogP) is 5.83. The Bertz CT molecular complexity index is 1280. The van der Waals surface area contributed by atoms with Crippen molar-refractivity contribution < 1.29 is 14.3 Å². The number of ether oxygens (including phenoxy) is 1. The van der Waals surface area contributed by atoms with E-state index in [0.29, 0.717) is 23.5 Å². The maximum Gasteiger partial charge on any atom is 0.262 e. The molecule has 0 aliphatic rings. The number of rotatable bonds is 7. The second-order valence-electron chi connectivity index (χ2n) is 7.73. The minimum absolute atomic E-state index is 0.0871. The molecule has 33 heavy (non-hydrogen) atoms. The lowest BCUT2D eigenvalue weighted by Crippen LogP contribution is -2.30. The van der Waals surface area contributed by atoms with Crippen LogP contribution in [0.15, 0.2) is 91.0 Å². The molecule has 4 aromatic carbocycles. The van der Waals surface area contributed by atoms with E-state index in [1.54, 1.807) is 29.2 Å². The normalized spacial score (nSPS) is 10.6. The molecular weight excluding hydrogens is 412 g/mol. The average molecular weight is 439 g/mol. The van der Waals surface area contributed by atoms with Crippen molar-refractivity contribution in [3.8, 4) is 5.75 Å². The maximum atomic E-state index is 13.3. The van der Waals surface area contributed by atoms with Gasteiger partial charge in [-0.15, -0.1) is 0 Å². The van der Waals surface area contributed by atoms with Crippen LogP contribution in [-0.2, 0) is 4.79 Å². The van der Waals surface area contributed by atoms with Crippen molar-refractivity contribution in [3.05, 3.63) is 102 Å². The molecule has 0 aromatic heterocycles. The van der Waals surface area contributed by atoms with Gasteiger partial charge in [0.1, 0.15) is 5.75 Å². The summed E-state index contributed by atoms with van der Waals surface area (Å²) in [7, 11) is 0. The minimum Gasteiger partial charge on any atom is -0.483 e. The topological polar surface area (TPSA) is 58.6 Å². The molecule has 4 rings (SSSR count). The van der Waals surface area contributed by atoms with Gasteiger partial charge in [0.15, 0.2) is 6.61 Å². The van der Waals surface area contributed by atoms with Gasteiger partial charge in [-0.3, -0.25) is 9.59 Å². The maximum absolute atomic E-state index is 13.3. The molecule has 5 nitrogen and oxygen atoms in total. The zero-order valence-electron chi connectivity index (χ0n) is 18.7. The van der Waals surface area contributed by atoms with E-state index in [4.69, 9.17) is 4.74 Å². The quantitative estimate of drug-likeness (QED) is 0.395. The highest BCUT2D eigenvalue weighted by Crippen LogP contribution is 2.28. The van der Waals surface area contributed by atoms with Gasteiger partial charge in [0, 0.05) is 23.2 Å². The Morgan fingerprint density at radius 2 is 1.55 bits per heavy atom. The van der Waals surface area contributed by atoms with E-state index in [2.05, 4.69) is 5.32 Å². The van der Waals surface area contributed by atoms with Gasteiger partial charge in [0.2, 0.25) is 0 Å². The molecule has 4 aromatic rings. The number of aryl methyl sites for hydroxylation is 1. The predicted molar refractivity (Wildman–Crippen MR) is 133 cm³/mol. The number of fused-ring (bicyclic) bond motifs is 1. The first-order valence-electron chi connectivity index (χ1n) is 10.9. The van der Waals surface area contributed by atoms with Gasteiger partial charge in [0.05, 0.1) is 5.69 Å². The van der Waals surface area contributed by atoms with E-state index >= 15 is 0 Å². The molecule has 2 amide bonds. The molecule has 0 atom stereocenters. The molecule has 0 bridgehead atoms. The lowest BCUT2D eigenvalue weighted by Gasteiger charge is -2.23. The highest BCUT2D eigenvalue weighted by Gasteiger charge is 2.18. The summed E-state index contributed by atoms with van der Waals surface area (Å²) in [4.78, 5) is 27.3. The van der Waals surface area contributed by atoms with E-state index < -0.39 is 0 Å². The number of nitrogens with one attached hydrogen (secondary N) is 1. The summed E-state index contributed by atoms with van der Waals surface area (Å²) in [6.07, 6.45) is 0. The summed E-state index contributed by atoms with van der Waals surface area (Å²) in [5, 5.41) is 4.93. The van der Waals surface area contributed by atoms with Crippen molar-refractivity contribution in [3.63, 3.8) is 0 Å².